The molecule has 0 heterocycles. The summed E-state index contributed by atoms with van der Waals surface area (Å²) in [5.41, 5.74) is 0.278. The van der Waals surface area contributed by atoms with Crippen molar-refractivity contribution >= 4 is 11.9 Å². The van der Waals surface area contributed by atoms with Crippen molar-refractivity contribution in [1.82, 2.24) is 4.90 Å². The van der Waals surface area contributed by atoms with Gasteiger partial charge < -0.3 is 24.2 Å². The normalized spacial score (nSPS) is 11.5. The molecule has 122 valence electrons. The predicted molar refractivity (Wildman–Crippen MR) is 79.9 cm³/mol. The van der Waals surface area contributed by atoms with Gasteiger partial charge in [-0.2, -0.15) is 0 Å². The second-order valence-electron chi connectivity index (χ2n) is 4.83. The Morgan fingerprint density at radius 2 is 1.59 bits per heavy atom. The minimum absolute atomic E-state index is 0.0890. The summed E-state index contributed by atoms with van der Waals surface area (Å²) in [6, 6.07) is 3.07. The summed E-state index contributed by atoms with van der Waals surface area (Å²) < 4.78 is 15.6. The van der Waals surface area contributed by atoms with Crippen molar-refractivity contribution in [2.75, 3.05) is 34.9 Å². The van der Waals surface area contributed by atoms with E-state index in [4.69, 9.17) is 19.3 Å². The Balaban J connectivity index is 3.13. The molecular formula is C15H21NO6. The molecule has 0 spiro atoms. The Kier molecular flexibility index (Phi) is 6.03. The fourth-order valence-electron chi connectivity index (χ4n) is 1.97. The highest BCUT2D eigenvalue weighted by molar-refractivity contribution is 5.97. The van der Waals surface area contributed by atoms with Gasteiger partial charge in [-0.05, 0) is 0 Å². The molecule has 0 saturated carbocycles. The summed E-state index contributed by atoms with van der Waals surface area (Å²) in [5.74, 6) is -0.814. The standard InChI is InChI=1S/C15H21NO6/c1-9(15(18)19)8-16(2)14(17)10-6-12(21-4)13(22-5)7-11(10)20-3/h6-7,9H,8H2,1-5H3,(H,18,19). The molecule has 1 atom stereocenters. The molecule has 0 fully saturated rings. The van der Waals surface area contributed by atoms with E-state index < -0.39 is 11.9 Å². The highest BCUT2D eigenvalue weighted by atomic mass is 16.5. The Labute approximate surface area is 129 Å². The largest absolute Gasteiger partial charge is 0.496 e. The van der Waals surface area contributed by atoms with Crippen molar-refractivity contribution in [3.63, 3.8) is 0 Å². The molecule has 7 heteroatoms. The minimum Gasteiger partial charge on any atom is -0.496 e. The van der Waals surface area contributed by atoms with Gasteiger partial charge >= 0.3 is 5.97 Å². The highest BCUT2D eigenvalue weighted by Crippen LogP contribution is 2.35. The van der Waals surface area contributed by atoms with Crippen molar-refractivity contribution in [3.05, 3.63) is 17.7 Å². The van der Waals surface area contributed by atoms with E-state index in [-0.39, 0.29) is 18.0 Å². The first-order valence-corrected chi connectivity index (χ1v) is 6.63. The van der Waals surface area contributed by atoms with Gasteiger partial charge in [0.05, 0.1) is 32.8 Å². The summed E-state index contributed by atoms with van der Waals surface area (Å²) in [6.45, 7) is 1.63. The van der Waals surface area contributed by atoms with E-state index in [0.29, 0.717) is 17.2 Å². The maximum absolute atomic E-state index is 12.5. The van der Waals surface area contributed by atoms with Crippen LogP contribution in [0.15, 0.2) is 12.1 Å². The van der Waals surface area contributed by atoms with Gasteiger partial charge in [-0.25, -0.2) is 0 Å². The van der Waals surface area contributed by atoms with Gasteiger partial charge in [0.25, 0.3) is 5.91 Å². The minimum atomic E-state index is -0.959. The molecule has 1 rings (SSSR count). The Hall–Kier alpha value is -2.44. The molecule has 0 aromatic heterocycles. The van der Waals surface area contributed by atoms with Gasteiger partial charge in [0.1, 0.15) is 5.75 Å². The van der Waals surface area contributed by atoms with Gasteiger partial charge in [0, 0.05) is 25.7 Å². The van der Waals surface area contributed by atoms with Crippen molar-refractivity contribution in [3.8, 4) is 17.2 Å². The quantitative estimate of drug-likeness (QED) is 0.821. The van der Waals surface area contributed by atoms with Crippen LogP contribution in [0.25, 0.3) is 0 Å². The fourth-order valence-corrected chi connectivity index (χ4v) is 1.97. The van der Waals surface area contributed by atoms with E-state index in [1.807, 2.05) is 0 Å². The number of aliphatic carboxylic acids is 1. The van der Waals surface area contributed by atoms with E-state index >= 15 is 0 Å². The van der Waals surface area contributed by atoms with Crippen molar-refractivity contribution in [2.45, 2.75) is 6.92 Å². The van der Waals surface area contributed by atoms with E-state index in [1.54, 1.807) is 6.07 Å². The summed E-state index contributed by atoms with van der Waals surface area (Å²) in [6.07, 6.45) is 0. The lowest BCUT2D eigenvalue weighted by atomic mass is 10.1. The van der Waals surface area contributed by atoms with Crippen LogP contribution in [0.3, 0.4) is 0 Å². The Morgan fingerprint density at radius 1 is 1.09 bits per heavy atom. The molecular weight excluding hydrogens is 290 g/mol. The van der Waals surface area contributed by atoms with E-state index in [9.17, 15) is 9.59 Å². The van der Waals surface area contributed by atoms with Crippen LogP contribution in [0, 0.1) is 5.92 Å². The number of benzene rings is 1. The van der Waals surface area contributed by atoms with Crippen LogP contribution < -0.4 is 14.2 Å². The van der Waals surface area contributed by atoms with Crippen LogP contribution >= 0.6 is 0 Å². The Morgan fingerprint density at radius 3 is 2.05 bits per heavy atom. The van der Waals surface area contributed by atoms with Crippen LogP contribution in [0.5, 0.6) is 17.2 Å². The maximum Gasteiger partial charge on any atom is 0.308 e. The number of nitrogens with zero attached hydrogens (tertiary/aromatic N) is 1. The van der Waals surface area contributed by atoms with Crippen molar-refractivity contribution < 1.29 is 28.9 Å². The van der Waals surface area contributed by atoms with Gasteiger partial charge in [0.2, 0.25) is 0 Å². The van der Waals surface area contributed by atoms with Gasteiger partial charge in [-0.15, -0.1) is 0 Å². The van der Waals surface area contributed by atoms with Crippen LogP contribution in [0.4, 0.5) is 0 Å². The van der Waals surface area contributed by atoms with Crippen LogP contribution in [0.2, 0.25) is 0 Å². The topological polar surface area (TPSA) is 85.3 Å². The third-order valence-electron chi connectivity index (χ3n) is 3.25. The summed E-state index contributed by atoms with van der Waals surface area (Å²) >= 11 is 0. The SMILES string of the molecule is COc1cc(OC)c(C(=O)N(C)CC(C)C(=O)O)cc1OC. The summed E-state index contributed by atoms with van der Waals surface area (Å²) in [4.78, 5) is 24.7. The third kappa shape index (κ3) is 3.81. The number of carbonyl (C=O) groups excluding carboxylic acids is 1. The highest BCUT2D eigenvalue weighted by Gasteiger charge is 2.23. The first-order valence-electron chi connectivity index (χ1n) is 6.63. The van der Waals surface area contributed by atoms with Crippen molar-refractivity contribution in [2.24, 2.45) is 5.92 Å². The number of carboxylic acids is 1. The van der Waals surface area contributed by atoms with Crippen LogP contribution in [0.1, 0.15) is 17.3 Å². The number of carboxylic acid groups (broad SMARTS) is 1. The zero-order valence-electron chi connectivity index (χ0n) is 13.4. The molecule has 22 heavy (non-hydrogen) atoms. The number of hydrogen-bond donors (Lipinski definition) is 1. The molecule has 1 amide bonds. The smallest absolute Gasteiger partial charge is 0.308 e. The molecule has 1 aromatic rings. The molecule has 1 unspecified atom stereocenters. The molecule has 0 aliphatic rings. The molecule has 0 aliphatic carbocycles. The molecule has 1 N–H and O–H groups in total. The number of rotatable bonds is 7. The monoisotopic (exact) mass is 311 g/mol. The van der Waals surface area contributed by atoms with Crippen molar-refractivity contribution in [1.29, 1.82) is 0 Å². The number of ether oxygens (including phenoxy) is 3. The zero-order chi connectivity index (χ0) is 16.9. The fraction of sp³-hybridized carbons (Fsp3) is 0.467. The lowest BCUT2D eigenvalue weighted by Crippen LogP contribution is -2.33. The lowest BCUT2D eigenvalue weighted by Gasteiger charge is -2.21. The number of hydrogen-bond acceptors (Lipinski definition) is 5. The average molecular weight is 311 g/mol. The summed E-state index contributed by atoms with van der Waals surface area (Å²) in [7, 11) is 5.93. The Bertz CT molecular complexity index is 557. The average Bonchev–Trinajstić information content (AvgIpc) is 2.52. The molecule has 0 bridgehead atoms. The predicted octanol–water partition coefficient (Wildman–Crippen LogP) is 1.51. The van der Waals surface area contributed by atoms with E-state index in [0.717, 1.165) is 0 Å². The third-order valence-corrected chi connectivity index (χ3v) is 3.25. The van der Waals surface area contributed by atoms with E-state index in [1.165, 1.54) is 46.3 Å². The lowest BCUT2D eigenvalue weighted by molar-refractivity contribution is -0.141. The first kappa shape index (κ1) is 17.6. The molecule has 0 radical (unpaired) electrons. The molecule has 1 aromatic carbocycles. The van der Waals surface area contributed by atoms with Crippen LogP contribution in [-0.4, -0.2) is 56.8 Å². The maximum atomic E-state index is 12.5. The second kappa shape index (κ2) is 7.53. The van der Waals surface area contributed by atoms with Gasteiger partial charge in [0.15, 0.2) is 11.5 Å². The second-order valence-corrected chi connectivity index (χ2v) is 4.83. The van der Waals surface area contributed by atoms with Gasteiger partial charge in [-0.3, -0.25) is 9.59 Å². The number of carbonyl (C=O) groups is 2. The number of amides is 1. The van der Waals surface area contributed by atoms with Crippen LogP contribution in [-0.2, 0) is 4.79 Å². The molecule has 7 nitrogen and oxygen atoms in total. The molecule has 0 aliphatic heterocycles. The van der Waals surface area contributed by atoms with E-state index in [2.05, 4.69) is 0 Å². The van der Waals surface area contributed by atoms with Gasteiger partial charge in [-0.1, -0.05) is 6.92 Å². The summed E-state index contributed by atoms with van der Waals surface area (Å²) in [5, 5.41) is 8.94. The number of methoxy groups -OCH3 is 3. The first-order chi connectivity index (χ1) is 10.3. The molecule has 0 saturated heterocycles. The zero-order valence-corrected chi connectivity index (χ0v) is 13.4.